The zero-order chi connectivity index (χ0) is 13.4. The van der Waals surface area contributed by atoms with E-state index in [0.717, 1.165) is 6.42 Å². The number of nitrogens with one attached hydrogen (secondary N) is 1. The molecular formula is C10H18Cl2F3NO. The minimum atomic E-state index is -4.26. The van der Waals surface area contributed by atoms with Gasteiger partial charge in [-0.2, -0.15) is 13.2 Å². The number of alkyl halides is 5. The Morgan fingerprint density at radius 2 is 1.76 bits per heavy atom. The monoisotopic (exact) mass is 295 g/mol. The van der Waals surface area contributed by atoms with E-state index in [1.807, 2.05) is 6.92 Å². The van der Waals surface area contributed by atoms with E-state index in [-0.39, 0.29) is 12.1 Å². The molecule has 0 aliphatic heterocycles. The van der Waals surface area contributed by atoms with Crippen LogP contribution in [0.4, 0.5) is 13.2 Å². The molecule has 0 spiro atoms. The summed E-state index contributed by atoms with van der Waals surface area (Å²) in [4.78, 5) is 0. The van der Waals surface area contributed by atoms with Crippen LogP contribution in [0, 0.1) is 0 Å². The minimum absolute atomic E-state index is 0.0663. The molecule has 0 unspecified atom stereocenters. The molecule has 1 N–H and O–H groups in total. The molecule has 0 bridgehead atoms. The lowest BCUT2D eigenvalue weighted by Crippen LogP contribution is -2.48. The van der Waals surface area contributed by atoms with E-state index in [1.165, 1.54) is 0 Å². The lowest BCUT2D eigenvalue weighted by molar-refractivity contribution is -0.174. The Morgan fingerprint density at radius 1 is 1.18 bits per heavy atom. The maximum absolute atomic E-state index is 11.7. The van der Waals surface area contributed by atoms with E-state index in [9.17, 15) is 13.2 Å². The van der Waals surface area contributed by atoms with Gasteiger partial charge in [-0.05, 0) is 19.4 Å². The number of rotatable bonds is 9. The molecule has 0 atom stereocenters. The molecular weight excluding hydrogens is 278 g/mol. The molecule has 0 saturated heterocycles. The molecule has 0 radical (unpaired) electrons. The quantitative estimate of drug-likeness (QED) is 0.521. The fraction of sp³-hybridized carbons (Fsp3) is 1.00. The van der Waals surface area contributed by atoms with Gasteiger partial charge in [-0.3, -0.25) is 0 Å². The van der Waals surface area contributed by atoms with Crippen LogP contribution in [0.3, 0.4) is 0 Å². The van der Waals surface area contributed by atoms with Crippen molar-refractivity contribution < 1.29 is 17.9 Å². The van der Waals surface area contributed by atoms with Crippen molar-refractivity contribution in [1.29, 1.82) is 0 Å². The topological polar surface area (TPSA) is 21.3 Å². The summed E-state index contributed by atoms with van der Waals surface area (Å²) in [7, 11) is 0. The van der Waals surface area contributed by atoms with Crippen LogP contribution in [0.5, 0.6) is 0 Å². The average Bonchev–Trinajstić information content (AvgIpc) is 2.28. The third kappa shape index (κ3) is 8.08. The number of hydrogen-bond donors (Lipinski definition) is 1. The Hall–Kier alpha value is 0.290. The van der Waals surface area contributed by atoms with Gasteiger partial charge in [0.1, 0.15) is 6.61 Å². The maximum Gasteiger partial charge on any atom is 0.411 e. The van der Waals surface area contributed by atoms with Gasteiger partial charge in [0.05, 0.1) is 0 Å². The molecule has 0 saturated carbocycles. The summed E-state index contributed by atoms with van der Waals surface area (Å²) in [6.07, 6.45) is -3.00. The second-order valence-electron chi connectivity index (χ2n) is 3.85. The third-order valence-electron chi connectivity index (χ3n) is 2.42. The van der Waals surface area contributed by atoms with Crippen LogP contribution in [0.2, 0.25) is 0 Å². The molecule has 0 aromatic carbocycles. The van der Waals surface area contributed by atoms with Crippen LogP contribution in [-0.2, 0) is 4.74 Å². The first-order valence-corrected chi connectivity index (χ1v) is 6.47. The molecule has 104 valence electrons. The van der Waals surface area contributed by atoms with Crippen LogP contribution < -0.4 is 5.32 Å². The average molecular weight is 296 g/mol. The third-order valence-corrected chi connectivity index (χ3v) is 3.44. The normalized spacial score (nSPS) is 13.1. The molecule has 0 amide bonds. The molecule has 0 rings (SSSR count). The van der Waals surface area contributed by atoms with Gasteiger partial charge in [0.25, 0.3) is 0 Å². The van der Waals surface area contributed by atoms with Gasteiger partial charge in [-0.1, -0.05) is 6.92 Å². The molecule has 2 nitrogen and oxygen atoms in total. The standard InChI is InChI=1S/C10H18Cl2F3NO/c1-2-9(6-11,7-12)16-4-3-5-17-8-10(13,14)15/h16H,2-8H2,1H3. The zero-order valence-electron chi connectivity index (χ0n) is 9.75. The maximum atomic E-state index is 11.7. The highest BCUT2D eigenvalue weighted by Gasteiger charge is 2.27. The van der Waals surface area contributed by atoms with Crippen LogP contribution in [0.1, 0.15) is 19.8 Å². The highest BCUT2D eigenvalue weighted by Crippen LogP contribution is 2.15. The summed E-state index contributed by atoms with van der Waals surface area (Å²) >= 11 is 11.6. The summed E-state index contributed by atoms with van der Waals surface area (Å²) in [6.45, 7) is 1.36. The summed E-state index contributed by atoms with van der Waals surface area (Å²) < 4.78 is 39.7. The van der Waals surface area contributed by atoms with Crippen molar-refractivity contribution in [3.8, 4) is 0 Å². The van der Waals surface area contributed by atoms with Crippen molar-refractivity contribution >= 4 is 23.2 Å². The number of halogens is 5. The van der Waals surface area contributed by atoms with Crippen molar-refractivity contribution in [2.24, 2.45) is 0 Å². The first-order valence-electron chi connectivity index (χ1n) is 5.40. The molecule has 17 heavy (non-hydrogen) atoms. The molecule has 0 aromatic rings. The van der Waals surface area contributed by atoms with Gasteiger partial charge in [-0.25, -0.2) is 0 Å². The zero-order valence-corrected chi connectivity index (χ0v) is 11.3. The fourth-order valence-electron chi connectivity index (χ4n) is 1.16. The Balaban J connectivity index is 3.63. The van der Waals surface area contributed by atoms with Crippen molar-refractivity contribution in [3.05, 3.63) is 0 Å². The van der Waals surface area contributed by atoms with E-state index in [1.54, 1.807) is 0 Å². The molecule has 0 fully saturated rings. The first-order chi connectivity index (χ1) is 7.89. The predicted molar refractivity (Wildman–Crippen MR) is 64.0 cm³/mol. The molecule has 0 heterocycles. The summed E-state index contributed by atoms with van der Waals surface area (Å²) in [5.41, 5.74) is -0.340. The van der Waals surface area contributed by atoms with Gasteiger partial charge >= 0.3 is 6.18 Å². The Morgan fingerprint density at radius 3 is 2.18 bits per heavy atom. The van der Waals surface area contributed by atoms with E-state index in [2.05, 4.69) is 10.1 Å². The SMILES string of the molecule is CCC(CCl)(CCl)NCCCOCC(F)(F)F. The number of ether oxygens (including phenoxy) is 1. The van der Waals surface area contributed by atoms with Crippen molar-refractivity contribution in [2.75, 3.05) is 31.5 Å². The fourth-order valence-corrected chi connectivity index (χ4v) is 2.01. The summed E-state index contributed by atoms with van der Waals surface area (Å²) in [5.74, 6) is 0.743. The minimum Gasteiger partial charge on any atom is -0.372 e. The van der Waals surface area contributed by atoms with E-state index < -0.39 is 12.8 Å². The highest BCUT2D eigenvalue weighted by molar-refractivity contribution is 6.22. The van der Waals surface area contributed by atoms with Crippen molar-refractivity contribution in [1.82, 2.24) is 5.32 Å². The highest BCUT2D eigenvalue weighted by atomic mass is 35.5. The lowest BCUT2D eigenvalue weighted by atomic mass is 10.0. The van der Waals surface area contributed by atoms with E-state index >= 15 is 0 Å². The van der Waals surface area contributed by atoms with Gasteiger partial charge < -0.3 is 10.1 Å². The van der Waals surface area contributed by atoms with Gasteiger partial charge in [0, 0.05) is 23.9 Å². The molecule has 0 aromatic heterocycles. The smallest absolute Gasteiger partial charge is 0.372 e. The van der Waals surface area contributed by atoms with Gasteiger partial charge in [0.2, 0.25) is 0 Å². The summed E-state index contributed by atoms with van der Waals surface area (Å²) in [6, 6.07) is 0. The van der Waals surface area contributed by atoms with Crippen molar-refractivity contribution in [2.45, 2.75) is 31.5 Å². The van der Waals surface area contributed by atoms with Crippen LogP contribution in [0.25, 0.3) is 0 Å². The molecule has 7 heteroatoms. The second kappa shape index (κ2) is 8.40. The Labute approximate surface area is 110 Å². The van der Waals surface area contributed by atoms with E-state index in [0.29, 0.717) is 24.7 Å². The van der Waals surface area contributed by atoms with Gasteiger partial charge in [0.15, 0.2) is 0 Å². The van der Waals surface area contributed by atoms with Crippen LogP contribution >= 0.6 is 23.2 Å². The van der Waals surface area contributed by atoms with Crippen LogP contribution in [-0.4, -0.2) is 43.2 Å². The van der Waals surface area contributed by atoms with E-state index in [4.69, 9.17) is 23.2 Å². The first kappa shape index (κ1) is 17.3. The molecule has 0 aliphatic carbocycles. The Kier molecular flexibility index (Phi) is 8.55. The number of hydrogen-bond acceptors (Lipinski definition) is 2. The van der Waals surface area contributed by atoms with Gasteiger partial charge in [-0.15, -0.1) is 23.2 Å². The summed E-state index contributed by atoms with van der Waals surface area (Å²) in [5, 5.41) is 3.15. The predicted octanol–water partition coefficient (Wildman–Crippen LogP) is 3.17. The van der Waals surface area contributed by atoms with Crippen molar-refractivity contribution in [3.63, 3.8) is 0 Å². The lowest BCUT2D eigenvalue weighted by Gasteiger charge is -2.29. The largest absolute Gasteiger partial charge is 0.411 e. The molecule has 0 aliphatic rings. The Bertz CT molecular complexity index is 190. The second-order valence-corrected chi connectivity index (χ2v) is 4.38. The van der Waals surface area contributed by atoms with Crippen LogP contribution in [0.15, 0.2) is 0 Å².